The zero-order valence-electron chi connectivity index (χ0n) is 32.4. The fourth-order valence-corrected chi connectivity index (χ4v) is 7.86. The number of nitrogens with zero attached hydrogens (tertiary/aromatic N) is 2. The van der Waals surface area contributed by atoms with Crippen LogP contribution in [0.15, 0.2) is 127 Å². The molecule has 0 radical (unpaired) electrons. The summed E-state index contributed by atoms with van der Waals surface area (Å²) in [4.78, 5) is 41.9. The minimum Gasteiger partial charge on any atom is -0.489 e. The van der Waals surface area contributed by atoms with Crippen LogP contribution in [-0.2, 0) is 46.9 Å². The molecule has 2 heterocycles. The number of fused-ring (bicyclic) bond motifs is 2. The van der Waals surface area contributed by atoms with Crippen LogP contribution < -0.4 is 20.1 Å². The van der Waals surface area contributed by atoms with E-state index in [-0.39, 0.29) is 38.4 Å². The molecule has 10 nitrogen and oxygen atoms in total. The first-order valence-corrected chi connectivity index (χ1v) is 20.2. The van der Waals surface area contributed by atoms with Crippen molar-refractivity contribution in [3.05, 3.63) is 182 Å². The topological polar surface area (TPSA) is 141 Å². The van der Waals surface area contributed by atoms with Crippen LogP contribution in [0.1, 0.15) is 45.0 Å². The molecule has 6 aromatic carbocycles. The standard InChI is InChI=1S/C48H37Cl2FN4O6/c49-38-18-9-30(19-39(38)50)27-60-37-16-14-33(15-17-37)45-47(57)53-41-21-35-22-43(55(26-36(35)23-44(41)61-45)25-34-3-1-2-4-40(34)51)46(56)54-42(48(58)59)20-28-5-10-31(11-6-28)32-12-7-29(24-52)8-13-32/h1-19,21,23,42-43,45H,20,22,25-27H2,(H,53,57)(H,54,56)(H,58,59)/t42-,43-,45?/m0/s1. The van der Waals surface area contributed by atoms with E-state index in [1.54, 1.807) is 72.8 Å². The summed E-state index contributed by atoms with van der Waals surface area (Å²) in [5.41, 5.74) is 6.90. The van der Waals surface area contributed by atoms with Crippen molar-refractivity contribution < 1.29 is 33.4 Å². The number of anilines is 1. The van der Waals surface area contributed by atoms with Crippen LogP contribution in [0, 0.1) is 17.1 Å². The number of hydrogen-bond acceptors (Lipinski definition) is 7. The van der Waals surface area contributed by atoms with Crippen LogP contribution in [0.5, 0.6) is 11.5 Å². The van der Waals surface area contributed by atoms with Crippen LogP contribution in [0.25, 0.3) is 11.1 Å². The smallest absolute Gasteiger partial charge is 0.326 e. The molecule has 0 saturated heterocycles. The third-order valence-corrected chi connectivity index (χ3v) is 11.6. The Hall–Kier alpha value is -6.71. The molecule has 8 rings (SSSR count). The Morgan fingerprint density at radius 1 is 0.902 bits per heavy atom. The van der Waals surface area contributed by atoms with E-state index >= 15 is 4.39 Å². The van der Waals surface area contributed by atoms with Crippen LogP contribution in [0.2, 0.25) is 10.0 Å². The van der Waals surface area contributed by atoms with Gasteiger partial charge in [0, 0.05) is 30.6 Å². The van der Waals surface area contributed by atoms with Gasteiger partial charge >= 0.3 is 5.97 Å². The van der Waals surface area contributed by atoms with Crippen molar-refractivity contribution >= 4 is 46.7 Å². The van der Waals surface area contributed by atoms with Gasteiger partial charge in [0.1, 0.15) is 30.0 Å². The lowest BCUT2D eigenvalue weighted by atomic mass is 9.91. The summed E-state index contributed by atoms with van der Waals surface area (Å²) in [6, 6.07) is 36.7. The van der Waals surface area contributed by atoms with Crippen molar-refractivity contribution in [2.75, 3.05) is 5.32 Å². The first-order valence-electron chi connectivity index (χ1n) is 19.4. The predicted molar refractivity (Wildman–Crippen MR) is 229 cm³/mol. The van der Waals surface area contributed by atoms with E-state index in [0.717, 1.165) is 27.8 Å². The molecule has 0 fully saturated rings. The van der Waals surface area contributed by atoms with E-state index < -0.39 is 35.9 Å². The van der Waals surface area contributed by atoms with Crippen LogP contribution in [-0.4, -0.2) is 39.9 Å². The average molecular weight is 856 g/mol. The van der Waals surface area contributed by atoms with Gasteiger partial charge < -0.3 is 25.2 Å². The molecule has 6 aromatic rings. The molecule has 2 aliphatic heterocycles. The highest BCUT2D eigenvalue weighted by Gasteiger charge is 2.37. The number of carbonyl (C=O) groups is 3. The lowest BCUT2D eigenvalue weighted by molar-refractivity contribution is -0.142. The number of aliphatic carboxylic acids is 1. The van der Waals surface area contributed by atoms with Gasteiger partial charge in [-0.2, -0.15) is 5.26 Å². The summed E-state index contributed by atoms with van der Waals surface area (Å²) in [5.74, 6) is -1.50. The molecule has 0 aliphatic carbocycles. The zero-order chi connectivity index (χ0) is 42.6. The van der Waals surface area contributed by atoms with Crippen molar-refractivity contribution in [2.45, 2.75) is 50.7 Å². The Kier molecular flexibility index (Phi) is 12.0. The number of nitriles is 1. The van der Waals surface area contributed by atoms with E-state index in [9.17, 15) is 19.5 Å². The number of hydrogen-bond donors (Lipinski definition) is 3. The van der Waals surface area contributed by atoms with E-state index in [1.807, 2.05) is 53.4 Å². The number of halogens is 3. The third kappa shape index (κ3) is 9.37. The van der Waals surface area contributed by atoms with Crippen LogP contribution >= 0.6 is 23.2 Å². The SMILES string of the molecule is N#Cc1ccc(-c2ccc(C[C@H](NC(=O)[C@@H]3Cc4cc5c(cc4CN3Cc3ccccc3F)OC(c3ccc(OCc4ccc(Cl)c(Cl)c4)cc3)C(=O)N5)C(=O)O)cc2)cc1. The molecule has 306 valence electrons. The molecule has 13 heteroatoms. The van der Waals surface area contributed by atoms with Crippen molar-refractivity contribution in [3.63, 3.8) is 0 Å². The maximum Gasteiger partial charge on any atom is 0.326 e. The van der Waals surface area contributed by atoms with Crippen molar-refractivity contribution in [1.82, 2.24) is 10.2 Å². The van der Waals surface area contributed by atoms with Gasteiger partial charge in [-0.05, 0) is 94.4 Å². The molecule has 0 bridgehead atoms. The molecule has 61 heavy (non-hydrogen) atoms. The van der Waals surface area contributed by atoms with Crippen LogP contribution in [0.3, 0.4) is 0 Å². The van der Waals surface area contributed by atoms with Crippen molar-refractivity contribution in [2.24, 2.45) is 0 Å². The zero-order valence-corrected chi connectivity index (χ0v) is 33.9. The van der Waals surface area contributed by atoms with Gasteiger partial charge in [-0.15, -0.1) is 0 Å². The Balaban J connectivity index is 0.984. The predicted octanol–water partition coefficient (Wildman–Crippen LogP) is 9.06. The highest BCUT2D eigenvalue weighted by Crippen LogP contribution is 2.40. The second-order valence-corrected chi connectivity index (χ2v) is 15.7. The quantitative estimate of drug-likeness (QED) is 0.111. The maximum atomic E-state index is 15.0. The molecule has 2 aliphatic rings. The number of carboxylic acid groups (broad SMARTS) is 1. The average Bonchev–Trinajstić information content (AvgIpc) is 3.26. The first kappa shape index (κ1) is 41.0. The van der Waals surface area contributed by atoms with Crippen molar-refractivity contribution in [1.29, 1.82) is 5.26 Å². The fourth-order valence-electron chi connectivity index (χ4n) is 7.54. The summed E-state index contributed by atoms with van der Waals surface area (Å²) in [6.07, 6.45) is -0.763. The molecular formula is C48H37Cl2FN4O6. The summed E-state index contributed by atoms with van der Waals surface area (Å²) < 4.78 is 27.2. The fraction of sp³-hybridized carbons (Fsp3) is 0.167. The summed E-state index contributed by atoms with van der Waals surface area (Å²) in [5, 5.41) is 26.0. The number of amides is 2. The summed E-state index contributed by atoms with van der Waals surface area (Å²) >= 11 is 12.2. The number of benzene rings is 6. The molecule has 0 aromatic heterocycles. The van der Waals surface area contributed by atoms with E-state index in [2.05, 4.69) is 16.7 Å². The van der Waals surface area contributed by atoms with E-state index in [4.69, 9.17) is 37.9 Å². The van der Waals surface area contributed by atoms with Crippen LogP contribution in [0.4, 0.5) is 10.1 Å². The molecule has 2 amide bonds. The number of ether oxygens (including phenoxy) is 2. The monoisotopic (exact) mass is 854 g/mol. The lowest BCUT2D eigenvalue weighted by Crippen LogP contribution is -2.54. The first-order chi connectivity index (χ1) is 29.5. The van der Waals surface area contributed by atoms with Gasteiger partial charge in [-0.3, -0.25) is 14.5 Å². The molecule has 0 saturated carbocycles. The third-order valence-electron chi connectivity index (χ3n) is 10.8. The number of nitrogens with one attached hydrogen (secondary N) is 2. The van der Waals surface area contributed by atoms with E-state index in [0.29, 0.717) is 49.5 Å². The largest absolute Gasteiger partial charge is 0.489 e. The normalized spacial score (nSPS) is 16.2. The molecule has 3 N–H and O–H groups in total. The molecule has 0 spiro atoms. The minimum absolute atomic E-state index is 0.0257. The lowest BCUT2D eigenvalue weighted by Gasteiger charge is -2.37. The summed E-state index contributed by atoms with van der Waals surface area (Å²) in [7, 11) is 0. The Morgan fingerprint density at radius 3 is 2.30 bits per heavy atom. The number of carboxylic acids is 1. The van der Waals surface area contributed by atoms with E-state index in [1.165, 1.54) is 6.07 Å². The molecule has 3 atom stereocenters. The minimum atomic E-state index is -1.25. The summed E-state index contributed by atoms with van der Waals surface area (Å²) in [6.45, 7) is 0.564. The van der Waals surface area contributed by atoms with Gasteiger partial charge in [0.15, 0.2) is 0 Å². The van der Waals surface area contributed by atoms with Gasteiger partial charge in [0.2, 0.25) is 12.0 Å². The molecule has 1 unspecified atom stereocenters. The highest BCUT2D eigenvalue weighted by atomic mass is 35.5. The Morgan fingerprint density at radius 2 is 1.61 bits per heavy atom. The van der Waals surface area contributed by atoms with Gasteiger partial charge in [0.25, 0.3) is 5.91 Å². The Labute approximate surface area is 361 Å². The Bertz CT molecular complexity index is 2670. The highest BCUT2D eigenvalue weighted by molar-refractivity contribution is 6.42. The molecular weight excluding hydrogens is 818 g/mol. The van der Waals surface area contributed by atoms with Crippen molar-refractivity contribution in [3.8, 4) is 28.7 Å². The second-order valence-electron chi connectivity index (χ2n) is 14.9. The van der Waals surface area contributed by atoms with Gasteiger partial charge in [-0.25, -0.2) is 9.18 Å². The number of carbonyl (C=O) groups excluding carboxylic acids is 2. The number of rotatable bonds is 12. The second kappa shape index (κ2) is 17.9. The van der Waals surface area contributed by atoms with Gasteiger partial charge in [-0.1, -0.05) is 96.0 Å². The van der Waals surface area contributed by atoms with Gasteiger partial charge in [0.05, 0.1) is 33.4 Å². The maximum absolute atomic E-state index is 15.0.